The predicted molar refractivity (Wildman–Crippen MR) is 81.5 cm³/mol. The van der Waals surface area contributed by atoms with E-state index in [1.807, 2.05) is 0 Å². The molecule has 1 aromatic carbocycles. The zero-order valence-corrected chi connectivity index (χ0v) is 13.0. The van der Waals surface area contributed by atoms with E-state index in [9.17, 15) is 18.9 Å². The fourth-order valence-corrected chi connectivity index (χ4v) is 2.73. The van der Waals surface area contributed by atoms with Gasteiger partial charge in [0.15, 0.2) is 5.82 Å². The molecule has 0 fully saturated rings. The first-order valence-corrected chi connectivity index (χ1v) is 7.42. The predicted octanol–water partition coefficient (Wildman–Crippen LogP) is 3.51. The van der Waals surface area contributed by atoms with Gasteiger partial charge in [0.25, 0.3) is 5.69 Å². The summed E-state index contributed by atoms with van der Waals surface area (Å²) in [6.07, 6.45) is 1.16. The molecule has 0 radical (unpaired) electrons. The molecule has 0 unspecified atom stereocenters. The molecule has 0 saturated heterocycles. The van der Waals surface area contributed by atoms with Crippen molar-refractivity contribution >= 4 is 17.4 Å². The normalized spacial score (nSPS) is 10.8. The molecule has 122 valence electrons. The van der Waals surface area contributed by atoms with Gasteiger partial charge in [-0.1, -0.05) is 0 Å². The van der Waals surface area contributed by atoms with Crippen LogP contribution in [0.3, 0.4) is 0 Å². The maximum atomic E-state index is 13.2. The van der Waals surface area contributed by atoms with E-state index in [0.717, 1.165) is 36.2 Å². The highest BCUT2D eigenvalue weighted by molar-refractivity contribution is 7.99. The molecule has 0 spiro atoms. The monoisotopic (exact) mass is 349 g/mol. The summed E-state index contributed by atoms with van der Waals surface area (Å²) in [7, 11) is 0. The Morgan fingerprint density at radius 3 is 2.54 bits per heavy atom. The number of halogens is 2. The minimum absolute atomic E-state index is 0.0785. The van der Waals surface area contributed by atoms with Crippen LogP contribution in [0, 0.1) is 28.7 Å². The van der Waals surface area contributed by atoms with Gasteiger partial charge in [-0.15, -0.1) is 5.10 Å². The second-order valence-electron chi connectivity index (χ2n) is 4.79. The number of nitrogens with one attached hydrogen (secondary N) is 1. The van der Waals surface area contributed by atoms with Gasteiger partial charge in [-0.2, -0.15) is 0 Å². The van der Waals surface area contributed by atoms with E-state index in [2.05, 4.69) is 20.2 Å². The van der Waals surface area contributed by atoms with E-state index in [1.165, 1.54) is 0 Å². The Kier molecular flexibility index (Phi) is 4.21. The summed E-state index contributed by atoms with van der Waals surface area (Å²) in [5.74, 6) is -1.24. The molecule has 0 aliphatic heterocycles. The number of aryl methyl sites for hydroxylation is 1. The smallest absolute Gasteiger partial charge is 0.258 e. The molecular weight excluding hydrogens is 340 g/mol. The molecule has 0 atom stereocenters. The van der Waals surface area contributed by atoms with Crippen LogP contribution < -0.4 is 0 Å². The number of aromatic nitrogens is 4. The molecule has 10 heteroatoms. The lowest BCUT2D eigenvalue weighted by atomic mass is 10.2. The van der Waals surface area contributed by atoms with Crippen molar-refractivity contribution in [3.8, 4) is 11.4 Å². The van der Waals surface area contributed by atoms with Crippen LogP contribution >= 0.6 is 11.8 Å². The van der Waals surface area contributed by atoms with Gasteiger partial charge in [0, 0.05) is 17.2 Å². The van der Waals surface area contributed by atoms with Crippen molar-refractivity contribution < 1.29 is 13.7 Å². The number of benzene rings is 1. The van der Waals surface area contributed by atoms with Gasteiger partial charge < -0.3 is 0 Å². The second-order valence-corrected chi connectivity index (χ2v) is 5.78. The summed E-state index contributed by atoms with van der Waals surface area (Å²) in [5, 5.41) is 18.0. The summed E-state index contributed by atoms with van der Waals surface area (Å²) in [5.41, 5.74) is 0.602. The first-order chi connectivity index (χ1) is 11.4. The summed E-state index contributed by atoms with van der Waals surface area (Å²) in [6.45, 7) is 1.60. The number of aromatic amines is 1. The molecule has 0 saturated carbocycles. The first kappa shape index (κ1) is 16.0. The fraction of sp³-hybridized carbons (Fsp3) is 0.0714. The third kappa shape index (κ3) is 3.38. The lowest BCUT2D eigenvalue weighted by molar-refractivity contribution is -0.385. The summed E-state index contributed by atoms with van der Waals surface area (Å²) in [4.78, 5) is 18.4. The summed E-state index contributed by atoms with van der Waals surface area (Å²) in [6, 6.07) is 4.57. The minimum atomic E-state index is -0.719. The minimum Gasteiger partial charge on any atom is -0.258 e. The highest BCUT2D eigenvalue weighted by Crippen LogP contribution is 2.28. The third-order valence-corrected chi connectivity index (χ3v) is 3.85. The fourth-order valence-electron chi connectivity index (χ4n) is 1.98. The van der Waals surface area contributed by atoms with Gasteiger partial charge in [0.2, 0.25) is 5.16 Å². The van der Waals surface area contributed by atoms with Gasteiger partial charge in [0.1, 0.15) is 22.9 Å². The standard InChI is InChI=1S/C14H9F2N5O2S/c1-7-2-12(17-6-11(7)21(22)23)24-14-18-13(19-20-14)8-3-9(15)5-10(16)4-8/h2-6H,1H3,(H,18,19,20). The molecule has 3 rings (SSSR count). The number of hydrogen-bond acceptors (Lipinski definition) is 6. The SMILES string of the molecule is Cc1cc(Sc2n[nH]c(-c3cc(F)cc(F)c3)n2)ncc1[N+](=O)[O-]. The molecule has 3 aromatic rings. The quantitative estimate of drug-likeness (QED) is 0.572. The summed E-state index contributed by atoms with van der Waals surface area (Å²) < 4.78 is 26.5. The Labute approximate surface area is 138 Å². The van der Waals surface area contributed by atoms with Gasteiger partial charge in [-0.25, -0.2) is 18.7 Å². The van der Waals surface area contributed by atoms with Gasteiger partial charge in [-0.05, 0) is 36.9 Å². The van der Waals surface area contributed by atoms with Crippen LogP contribution in [0.4, 0.5) is 14.5 Å². The zero-order chi connectivity index (χ0) is 17.3. The van der Waals surface area contributed by atoms with E-state index in [0.29, 0.717) is 10.6 Å². The first-order valence-electron chi connectivity index (χ1n) is 6.60. The number of nitro groups is 1. The summed E-state index contributed by atoms with van der Waals surface area (Å²) >= 11 is 1.07. The number of pyridine rings is 1. The Bertz CT molecular complexity index is 911. The van der Waals surface area contributed by atoms with Gasteiger partial charge in [-0.3, -0.25) is 15.2 Å². The average molecular weight is 349 g/mol. The van der Waals surface area contributed by atoms with Crippen molar-refractivity contribution in [3.63, 3.8) is 0 Å². The van der Waals surface area contributed by atoms with E-state index in [1.54, 1.807) is 13.0 Å². The molecule has 7 nitrogen and oxygen atoms in total. The molecule has 0 aliphatic rings. The maximum absolute atomic E-state index is 13.2. The van der Waals surface area contributed by atoms with Crippen molar-refractivity contribution in [2.24, 2.45) is 0 Å². The molecule has 0 bridgehead atoms. The van der Waals surface area contributed by atoms with E-state index < -0.39 is 16.6 Å². The Balaban J connectivity index is 1.84. The van der Waals surface area contributed by atoms with Crippen LogP contribution in [-0.2, 0) is 0 Å². The van der Waals surface area contributed by atoms with Crippen molar-refractivity contribution in [2.45, 2.75) is 17.1 Å². The third-order valence-electron chi connectivity index (χ3n) is 3.05. The van der Waals surface area contributed by atoms with Crippen LogP contribution in [0.5, 0.6) is 0 Å². The highest BCUT2D eigenvalue weighted by Gasteiger charge is 2.14. The lowest BCUT2D eigenvalue weighted by Gasteiger charge is -1.99. The van der Waals surface area contributed by atoms with Crippen molar-refractivity contribution in [1.82, 2.24) is 20.2 Å². The van der Waals surface area contributed by atoms with Gasteiger partial charge >= 0.3 is 0 Å². The van der Waals surface area contributed by atoms with Crippen LogP contribution in [0.25, 0.3) is 11.4 Å². The second kappa shape index (κ2) is 6.32. The van der Waals surface area contributed by atoms with Crippen molar-refractivity contribution in [3.05, 3.63) is 57.8 Å². The molecule has 2 heterocycles. The van der Waals surface area contributed by atoms with Gasteiger partial charge in [0.05, 0.1) is 4.92 Å². The highest BCUT2D eigenvalue weighted by atomic mass is 32.2. The number of H-pyrrole nitrogens is 1. The lowest BCUT2D eigenvalue weighted by Crippen LogP contribution is -1.93. The molecular formula is C14H9F2N5O2S. The van der Waals surface area contributed by atoms with Crippen LogP contribution in [0.1, 0.15) is 5.56 Å². The van der Waals surface area contributed by atoms with Crippen LogP contribution in [0.2, 0.25) is 0 Å². The van der Waals surface area contributed by atoms with E-state index in [4.69, 9.17) is 0 Å². The van der Waals surface area contributed by atoms with Crippen LogP contribution in [0.15, 0.2) is 40.6 Å². The number of nitrogens with zero attached hydrogens (tertiary/aromatic N) is 4. The molecule has 0 amide bonds. The largest absolute Gasteiger partial charge is 0.290 e. The van der Waals surface area contributed by atoms with Crippen LogP contribution in [-0.4, -0.2) is 25.1 Å². The Hall–Kier alpha value is -2.88. The molecule has 2 aromatic heterocycles. The number of rotatable bonds is 4. The zero-order valence-electron chi connectivity index (χ0n) is 12.2. The Morgan fingerprint density at radius 1 is 1.21 bits per heavy atom. The molecule has 24 heavy (non-hydrogen) atoms. The van der Waals surface area contributed by atoms with Crippen molar-refractivity contribution in [2.75, 3.05) is 0 Å². The molecule has 1 N–H and O–H groups in total. The topological polar surface area (TPSA) is 97.6 Å². The molecule has 0 aliphatic carbocycles. The average Bonchev–Trinajstić information content (AvgIpc) is 2.94. The maximum Gasteiger partial charge on any atom is 0.290 e. The Morgan fingerprint density at radius 2 is 1.92 bits per heavy atom. The number of hydrogen-bond donors (Lipinski definition) is 1. The van der Waals surface area contributed by atoms with E-state index >= 15 is 0 Å². The van der Waals surface area contributed by atoms with E-state index in [-0.39, 0.29) is 22.2 Å². The van der Waals surface area contributed by atoms with Crippen molar-refractivity contribution in [1.29, 1.82) is 0 Å².